The third-order valence-corrected chi connectivity index (χ3v) is 5.31. The Morgan fingerprint density at radius 1 is 1.19 bits per heavy atom. The Hall–Kier alpha value is -0.830. The van der Waals surface area contributed by atoms with Crippen LogP contribution in [0.3, 0.4) is 0 Å². The zero-order valence-electron chi connectivity index (χ0n) is 13.1. The summed E-state index contributed by atoms with van der Waals surface area (Å²) < 4.78 is 0. The van der Waals surface area contributed by atoms with Gasteiger partial charge in [0.1, 0.15) is 0 Å². The highest BCUT2D eigenvalue weighted by molar-refractivity contribution is 6.30. The Bertz CT molecular complexity index is 472. The molecule has 0 aliphatic heterocycles. The molecule has 0 unspecified atom stereocenters. The van der Waals surface area contributed by atoms with Crippen molar-refractivity contribution in [2.24, 2.45) is 0 Å². The first-order chi connectivity index (χ1) is 9.92. The van der Waals surface area contributed by atoms with E-state index in [1.54, 1.807) is 0 Å². The van der Waals surface area contributed by atoms with Gasteiger partial charge in [-0.25, -0.2) is 0 Å². The molecule has 1 aliphatic carbocycles. The standard InChI is InChI=1S/C18H26ClNO/c1-4-5-10-17(21)11-13-18(14-12-17,20(2)3)15-6-8-16(19)9-7-15/h4,6-9,21H,1,5,10-14H2,2-3H3. The lowest BCUT2D eigenvalue weighted by atomic mass is 9.69. The van der Waals surface area contributed by atoms with Gasteiger partial charge in [-0.3, -0.25) is 4.90 Å². The van der Waals surface area contributed by atoms with Gasteiger partial charge < -0.3 is 5.11 Å². The average Bonchev–Trinajstić information content (AvgIpc) is 2.47. The lowest BCUT2D eigenvalue weighted by molar-refractivity contribution is -0.0508. The van der Waals surface area contributed by atoms with Gasteiger partial charge >= 0.3 is 0 Å². The summed E-state index contributed by atoms with van der Waals surface area (Å²) in [6.07, 6.45) is 7.20. The molecule has 0 saturated heterocycles. The fraction of sp³-hybridized carbons (Fsp3) is 0.556. The lowest BCUT2D eigenvalue weighted by Gasteiger charge is -2.48. The Kier molecular flexibility index (Phi) is 5.13. The second-order valence-electron chi connectivity index (χ2n) is 6.48. The summed E-state index contributed by atoms with van der Waals surface area (Å²) in [5.41, 5.74) is 0.771. The SMILES string of the molecule is C=CCCC1(O)CCC(c2ccc(Cl)cc2)(N(C)C)CC1. The minimum Gasteiger partial charge on any atom is -0.390 e. The Morgan fingerprint density at radius 3 is 2.24 bits per heavy atom. The van der Waals surface area contributed by atoms with Gasteiger partial charge in [0, 0.05) is 10.6 Å². The maximum absolute atomic E-state index is 10.7. The first-order valence-corrected chi connectivity index (χ1v) is 8.06. The number of allylic oxidation sites excluding steroid dienone is 1. The van der Waals surface area contributed by atoms with E-state index in [-0.39, 0.29) is 5.54 Å². The molecule has 3 heteroatoms. The Labute approximate surface area is 133 Å². The van der Waals surface area contributed by atoms with Crippen LogP contribution in [0, 0.1) is 0 Å². The van der Waals surface area contributed by atoms with E-state index in [9.17, 15) is 5.11 Å². The van der Waals surface area contributed by atoms with Gasteiger partial charge in [-0.15, -0.1) is 6.58 Å². The van der Waals surface area contributed by atoms with Crippen LogP contribution in [0.5, 0.6) is 0 Å². The lowest BCUT2D eigenvalue weighted by Crippen LogP contribution is -2.48. The molecular weight excluding hydrogens is 282 g/mol. The van der Waals surface area contributed by atoms with Gasteiger partial charge in [-0.1, -0.05) is 29.8 Å². The Morgan fingerprint density at radius 2 is 1.76 bits per heavy atom. The maximum atomic E-state index is 10.7. The normalized spacial score (nSPS) is 29.6. The predicted molar refractivity (Wildman–Crippen MR) is 89.7 cm³/mol. The second kappa shape index (κ2) is 6.51. The quantitative estimate of drug-likeness (QED) is 0.817. The monoisotopic (exact) mass is 307 g/mol. The van der Waals surface area contributed by atoms with Crippen molar-refractivity contribution in [3.05, 3.63) is 47.5 Å². The maximum Gasteiger partial charge on any atom is 0.0652 e. The number of aliphatic hydroxyl groups is 1. The Balaban J connectivity index is 2.19. The van der Waals surface area contributed by atoms with Crippen LogP contribution in [0.25, 0.3) is 0 Å². The predicted octanol–water partition coefficient (Wildman–Crippen LogP) is 4.37. The molecular formula is C18H26ClNO. The largest absolute Gasteiger partial charge is 0.390 e. The molecule has 1 fully saturated rings. The topological polar surface area (TPSA) is 23.5 Å². The molecule has 0 heterocycles. The van der Waals surface area contributed by atoms with E-state index in [4.69, 9.17) is 11.6 Å². The van der Waals surface area contributed by atoms with Gasteiger partial charge in [0.25, 0.3) is 0 Å². The minimum atomic E-state index is -0.528. The zero-order valence-corrected chi connectivity index (χ0v) is 13.9. The van der Waals surface area contributed by atoms with Gasteiger partial charge in [-0.2, -0.15) is 0 Å². The number of hydrogen-bond acceptors (Lipinski definition) is 2. The van der Waals surface area contributed by atoms with E-state index in [0.717, 1.165) is 43.5 Å². The molecule has 0 bridgehead atoms. The first kappa shape index (κ1) is 16.5. The van der Waals surface area contributed by atoms with E-state index < -0.39 is 5.60 Å². The van der Waals surface area contributed by atoms with Gasteiger partial charge in [0.2, 0.25) is 0 Å². The number of rotatable bonds is 5. The summed E-state index contributed by atoms with van der Waals surface area (Å²) in [4.78, 5) is 2.29. The van der Waals surface area contributed by atoms with Crippen LogP contribution in [0.15, 0.2) is 36.9 Å². The van der Waals surface area contributed by atoms with Crippen molar-refractivity contribution in [3.63, 3.8) is 0 Å². The van der Waals surface area contributed by atoms with Crippen molar-refractivity contribution in [2.45, 2.75) is 49.7 Å². The summed E-state index contributed by atoms with van der Waals surface area (Å²) in [6.45, 7) is 3.76. The molecule has 1 aromatic carbocycles. The molecule has 0 spiro atoms. The van der Waals surface area contributed by atoms with E-state index in [0.29, 0.717) is 0 Å². The smallest absolute Gasteiger partial charge is 0.0652 e. The average molecular weight is 308 g/mol. The summed E-state index contributed by atoms with van der Waals surface area (Å²) >= 11 is 6.02. The van der Waals surface area contributed by atoms with Crippen molar-refractivity contribution in [1.82, 2.24) is 4.90 Å². The van der Waals surface area contributed by atoms with Crippen molar-refractivity contribution in [2.75, 3.05) is 14.1 Å². The van der Waals surface area contributed by atoms with Crippen LogP contribution in [0.1, 0.15) is 44.1 Å². The molecule has 2 rings (SSSR count). The molecule has 0 aromatic heterocycles. The molecule has 1 aromatic rings. The van der Waals surface area contributed by atoms with Gasteiger partial charge in [0.15, 0.2) is 0 Å². The molecule has 0 amide bonds. The zero-order chi connectivity index (χ0) is 15.5. The van der Waals surface area contributed by atoms with Crippen LogP contribution >= 0.6 is 11.6 Å². The number of halogens is 1. The van der Waals surface area contributed by atoms with Gasteiger partial charge in [0.05, 0.1) is 5.60 Å². The highest BCUT2D eigenvalue weighted by Gasteiger charge is 2.43. The van der Waals surface area contributed by atoms with Crippen molar-refractivity contribution in [1.29, 1.82) is 0 Å². The highest BCUT2D eigenvalue weighted by atomic mass is 35.5. The third kappa shape index (κ3) is 3.50. The highest BCUT2D eigenvalue weighted by Crippen LogP contribution is 2.46. The van der Waals surface area contributed by atoms with E-state index >= 15 is 0 Å². The second-order valence-corrected chi connectivity index (χ2v) is 6.92. The van der Waals surface area contributed by atoms with Crippen LogP contribution in [-0.4, -0.2) is 29.7 Å². The summed E-state index contributed by atoms with van der Waals surface area (Å²) in [5, 5.41) is 11.5. The minimum absolute atomic E-state index is 0.00496. The van der Waals surface area contributed by atoms with E-state index in [2.05, 4.69) is 37.7 Å². The van der Waals surface area contributed by atoms with Crippen LogP contribution in [-0.2, 0) is 5.54 Å². The fourth-order valence-corrected chi connectivity index (χ4v) is 3.63. The van der Waals surface area contributed by atoms with Crippen molar-refractivity contribution in [3.8, 4) is 0 Å². The summed E-state index contributed by atoms with van der Waals surface area (Å²) in [7, 11) is 4.26. The van der Waals surface area contributed by atoms with Gasteiger partial charge in [-0.05, 0) is 70.3 Å². The molecule has 116 valence electrons. The van der Waals surface area contributed by atoms with E-state index in [1.807, 2.05) is 18.2 Å². The van der Waals surface area contributed by atoms with Crippen LogP contribution < -0.4 is 0 Å². The first-order valence-electron chi connectivity index (χ1n) is 7.69. The molecule has 1 aliphatic rings. The number of benzene rings is 1. The van der Waals surface area contributed by atoms with Crippen molar-refractivity contribution < 1.29 is 5.11 Å². The molecule has 0 atom stereocenters. The number of hydrogen-bond donors (Lipinski definition) is 1. The fourth-order valence-electron chi connectivity index (χ4n) is 3.50. The van der Waals surface area contributed by atoms with Crippen LogP contribution in [0.2, 0.25) is 5.02 Å². The van der Waals surface area contributed by atoms with E-state index in [1.165, 1.54) is 5.56 Å². The third-order valence-electron chi connectivity index (χ3n) is 5.06. The molecule has 21 heavy (non-hydrogen) atoms. The molecule has 1 N–H and O–H groups in total. The number of nitrogens with zero attached hydrogens (tertiary/aromatic N) is 1. The molecule has 0 radical (unpaired) electrons. The molecule has 1 saturated carbocycles. The van der Waals surface area contributed by atoms with Crippen LogP contribution in [0.4, 0.5) is 0 Å². The molecule has 2 nitrogen and oxygen atoms in total. The summed E-state index contributed by atoms with van der Waals surface area (Å²) in [5.74, 6) is 0. The summed E-state index contributed by atoms with van der Waals surface area (Å²) in [6, 6.07) is 8.16. The van der Waals surface area contributed by atoms with Crippen molar-refractivity contribution >= 4 is 11.6 Å².